The van der Waals surface area contributed by atoms with Gasteiger partial charge in [-0.15, -0.1) is 0 Å². The van der Waals surface area contributed by atoms with Gasteiger partial charge in [0.1, 0.15) is 0 Å². The lowest BCUT2D eigenvalue weighted by Gasteiger charge is -2.15. The van der Waals surface area contributed by atoms with E-state index in [0.29, 0.717) is 5.92 Å². The molecular weight excluding hydrogens is 254 g/mol. The van der Waals surface area contributed by atoms with Gasteiger partial charge in [0.15, 0.2) is 0 Å². The van der Waals surface area contributed by atoms with Gasteiger partial charge in [0.25, 0.3) is 0 Å². The van der Waals surface area contributed by atoms with Crippen LogP contribution in [0.2, 0.25) is 5.02 Å². The molecule has 0 heterocycles. The van der Waals surface area contributed by atoms with Crippen molar-refractivity contribution in [3.8, 4) is 0 Å². The smallest absolute Gasteiger partial charge is 0.0552 e. The topological polar surface area (TPSA) is 26.0 Å². The number of hydrogen-bond acceptors (Lipinski definition) is 1. The lowest BCUT2D eigenvalue weighted by Crippen LogP contribution is -2.12. The summed E-state index contributed by atoms with van der Waals surface area (Å²) in [5.41, 5.74) is 9.85. The average Bonchev–Trinajstić information content (AvgIpc) is 2.37. The van der Waals surface area contributed by atoms with E-state index in [-0.39, 0.29) is 6.04 Å². The first kappa shape index (κ1) is 14.1. The highest BCUT2D eigenvalue weighted by molar-refractivity contribution is 6.30. The van der Waals surface area contributed by atoms with E-state index in [9.17, 15) is 0 Å². The molecule has 0 spiro atoms. The quantitative estimate of drug-likeness (QED) is 0.866. The lowest BCUT2D eigenvalue weighted by molar-refractivity contribution is 0.646. The number of nitrogens with two attached hydrogens (primary N) is 1. The van der Waals surface area contributed by atoms with Crippen molar-refractivity contribution in [2.75, 3.05) is 0 Å². The second kappa shape index (κ2) is 6.23. The Labute approximate surface area is 120 Å². The second-order valence-corrected chi connectivity index (χ2v) is 5.81. The monoisotopic (exact) mass is 273 g/mol. The van der Waals surface area contributed by atoms with Gasteiger partial charge in [0, 0.05) is 5.02 Å². The average molecular weight is 274 g/mol. The molecule has 2 heteroatoms. The van der Waals surface area contributed by atoms with Gasteiger partial charge in [-0.1, -0.05) is 61.8 Å². The van der Waals surface area contributed by atoms with E-state index >= 15 is 0 Å². The van der Waals surface area contributed by atoms with Crippen molar-refractivity contribution in [1.29, 1.82) is 0 Å². The van der Waals surface area contributed by atoms with Crippen molar-refractivity contribution in [1.82, 2.24) is 0 Å². The maximum atomic E-state index is 6.33. The van der Waals surface area contributed by atoms with Crippen molar-refractivity contribution in [3.63, 3.8) is 0 Å². The van der Waals surface area contributed by atoms with E-state index in [4.69, 9.17) is 17.3 Å². The van der Waals surface area contributed by atoms with Gasteiger partial charge in [-0.3, -0.25) is 0 Å². The summed E-state index contributed by atoms with van der Waals surface area (Å²) in [5.74, 6) is 0.651. The third kappa shape index (κ3) is 3.82. The minimum Gasteiger partial charge on any atom is -0.320 e. The summed E-state index contributed by atoms with van der Waals surface area (Å²) >= 11 is 6.02. The predicted octanol–water partition coefficient (Wildman–Crippen LogP) is 4.59. The second-order valence-electron chi connectivity index (χ2n) is 5.38. The van der Waals surface area contributed by atoms with Crippen LogP contribution in [0.5, 0.6) is 0 Å². The van der Waals surface area contributed by atoms with Crippen LogP contribution < -0.4 is 5.73 Å². The fourth-order valence-corrected chi connectivity index (χ4v) is 2.48. The van der Waals surface area contributed by atoms with E-state index < -0.39 is 0 Å². The molecule has 0 fully saturated rings. The molecule has 0 radical (unpaired) electrons. The summed E-state index contributed by atoms with van der Waals surface area (Å²) in [6.45, 7) is 4.45. The van der Waals surface area contributed by atoms with Gasteiger partial charge in [-0.25, -0.2) is 0 Å². The lowest BCUT2D eigenvalue weighted by atomic mass is 9.95. The number of hydrogen-bond donors (Lipinski definition) is 1. The molecule has 100 valence electrons. The molecule has 0 saturated carbocycles. The van der Waals surface area contributed by atoms with Gasteiger partial charge >= 0.3 is 0 Å². The van der Waals surface area contributed by atoms with Crippen LogP contribution in [0.15, 0.2) is 48.5 Å². The highest BCUT2D eigenvalue weighted by Gasteiger charge is 2.10. The largest absolute Gasteiger partial charge is 0.320 e. The molecule has 0 aliphatic carbocycles. The van der Waals surface area contributed by atoms with Gasteiger partial charge in [-0.05, 0) is 41.2 Å². The summed E-state index contributed by atoms with van der Waals surface area (Å²) in [7, 11) is 0. The Kier molecular flexibility index (Phi) is 4.62. The molecule has 1 nitrogen and oxygen atoms in total. The zero-order valence-corrected chi connectivity index (χ0v) is 12.2. The van der Waals surface area contributed by atoms with Crippen LogP contribution in [0, 0.1) is 5.92 Å². The molecule has 2 aromatic carbocycles. The summed E-state index contributed by atoms with van der Waals surface area (Å²) in [4.78, 5) is 0. The van der Waals surface area contributed by atoms with Crippen LogP contribution in [-0.4, -0.2) is 0 Å². The first-order valence-corrected chi connectivity index (χ1v) is 7.04. The van der Waals surface area contributed by atoms with Crippen molar-refractivity contribution >= 4 is 11.6 Å². The van der Waals surface area contributed by atoms with Crippen LogP contribution in [0.1, 0.15) is 36.6 Å². The van der Waals surface area contributed by atoms with E-state index in [1.807, 2.05) is 24.3 Å². The number of halogens is 1. The van der Waals surface area contributed by atoms with Gasteiger partial charge in [0.2, 0.25) is 0 Å². The fourth-order valence-electron chi connectivity index (χ4n) is 2.28. The zero-order valence-electron chi connectivity index (χ0n) is 11.4. The Balaban J connectivity index is 2.26. The predicted molar refractivity (Wildman–Crippen MR) is 82.5 cm³/mol. The van der Waals surface area contributed by atoms with Crippen molar-refractivity contribution in [2.45, 2.75) is 26.3 Å². The molecule has 0 amide bonds. The van der Waals surface area contributed by atoms with Gasteiger partial charge in [-0.2, -0.15) is 0 Å². The third-order valence-electron chi connectivity index (χ3n) is 3.16. The molecule has 0 bridgehead atoms. The molecule has 1 atom stereocenters. The van der Waals surface area contributed by atoms with E-state index in [1.54, 1.807) is 0 Å². The normalized spacial score (nSPS) is 12.7. The van der Waals surface area contributed by atoms with Crippen LogP contribution >= 0.6 is 11.6 Å². The van der Waals surface area contributed by atoms with Crippen LogP contribution in [0.4, 0.5) is 0 Å². The first-order valence-electron chi connectivity index (χ1n) is 6.66. The SMILES string of the molecule is CC(C)Cc1cccc(C(N)c2cccc(Cl)c2)c1. The molecule has 0 aliphatic rings. The summed E-state index contributed by atoms with van der Waals surface area (Å²) < 4.78 is 0. The van der Waals surface area contributed by atoms with Crippen LogP contribution in [-0.2, 0) is 6.42 Å². The van der Waals surface area contributed by atoms with Crippen molar-refractivity contribution in [3.05, 3.63) is 70.2 Å². The molecule has 1 unspecified atom stereocenters. The van der Waals surface area contributed by atoms with Gasteiger partial charge < -0.3 is 5.73 Å². The van der Waals surface area contributed by atoms with Crippen LogP contribution in [0.3, 0.4) is 0 Å². The maximum Gasteiger partial charge on any atom is 0.0552 e. The minimum absolute atomic E-state index is 0.120. The molecule has 0 aromatic heterocycles. The minimum atomic E-state index is -0.120. The Morgan fingerprint density at radius 3 is 2.26 bits per heavy atom. The third-order valence-corrected chi connectivity index (χ3v) is 3.40. The summed E-state index contributed by atoms with van der Waals surface area (Å²) in [6.07, 6.45) is 1.08. The fraction of sp³-hybridized carbons (Fsp3) is 0.294. The molecule has 2 rings (SSSR count). The molecular formula is C17H20ClN. The summed E-state index contributed by atoms with van der Waals surface area (Å²) in [6, 6.07) is 16.2. The van der Waals surface area contributed by atoms with E-state index in [0.717, 1.165) is 22.6 Å². The highest BCUT2D eigenvalue weighted by atomic mass is 35.5. The van der Waals surface area contributed by atoms with Crippen LogP contribution in [0.25, 0.3) is 0 Å². The first-order chi connectivity index (χ1) is 9.06. The number of rotatable bonds is 4. The van der Waals surface area contributed by atoms with E-state index in [1.165, 1.54) is 5.56 Å². The van der Waals surface area contributed by atoms with Crippen molar-refractivity contribution in [2.24, 2.45) is 11.7 Å². The molecule has 0 saturated heterocycles. The van der Waals surface area contributed by atoms with Gasteiger partial charge in [0.05, 0.1) is 6.04 Å². The zero-order chi connectivity index (χ0) is 13.8. The Morgan fingerprint density at radius 2 is 1.63 bits per heavy atom. The Hall–Kier alpha value is -1.31. The molecule has 2 N–H and O–H groups in total. The maximum absolute atomic E-state index is 6.33. The molecule has 19 heavy (non-hydrogen) atoms. The summed E-state index contributed by atoms with van der Waals surface area (Å²) in [5, 5.41) is 0.728. The Bertz CT molecular complexity index is 548. The number of benzene rings is 2. The molecule has 2 aromatic rings. The van der Waals surface area contributed by atoms with E-state index in [2.05, 4.69) is 38.1 Å². The molecule has 0 aliphatic heterocycles. The Morgan fingerprint density at radius 1 is 1.00 bits per heavy atom. The highest BCUT2D eigenvalue weighted by Crippen LogP contribution is 2.23. The standard InChI is InChI=1S/C17H20ClN/c1-12(2)9-13-5-3-6-14(10-13)17(19)15-7-4-8-16(18)11-15/h3-8,10-12,17H,9,19H2,1-2H3. The van der Waals surface area contributed by atoms with Crippen molar-refractivity contribution < 1.29 is 0 Å².